The number of aliphatic hydroxyl groups is 1. The highest BCUT2D eigenvalue weighted by atomic mass is 17.1. The van der Waals surface area contributed by atoms with Gasteiger partial charge in [0.25, 0.3) is 0 Å². The molecule has 0 radical (unpaired) electrons. The molecule has 2 aliphatic carbocycles. The molecule has 0 aromatic carbocycles. The topological polar surface area (TPSA) is 102 Å². The maximum absolute atomic E-state index is 12.0. The van der Waals surface area contributed by atoms with Crippen molar-refractivity contribution >= 4 is 11.9 Å². The van der Waals surface area contributed by atoms with Crippen LogP contribution in [0.1, 0.15) is 27.2 Å². The first-order chi connectivity index (χ1) is 11.1. The second-order valence-electron chi connectivity index (χ2n) is 7.25. The molecule has 7 atom stereocenters. The molecule has 0 spiro atoms. The largest absolute Gasteiger partial charge is 0.459 e. The fourth-order valence-electron chi connectivity index (χ4n) is 4.34. The second-order valence-corrected chi connectivity index (χ2v) is 7.25. The Bertz CT molecular complexity index is 622. The molecular weight excluding hydrogens is 316 g/mol. The van der Waals surface area contributed by atoms with Crippen molar-refractivity contribution in [3.8, 4) is 0 Å². The molecule has 1 saturated carbocycles. The summed E-state index contributed by atoms with van der Waals surface area (Å²) in [5.41, 5.74) is -2.27. The highest BCUT2D eigenvalue weighted by molar-refractivity contribution is 5.91. The molecule has 0 aromatic rings. The molecule has 7 nitrogen and oxygen atoms in total. The Labute approximate surface area is 139 Å². The van der Waals surface area contributed by atoms with E-state index in [1.165, 1.54) is 6.92 Å². The van der Waals surface area contributed by atoms with E-state index in [2.05, 4.69) is 11.5 Å². The van der Waals surface area contributed by atoms with Crippen molar-refractivity contribution < 1.29 is 34.3 Å². The summed E-state index contributed by atoms with van der Waals surface area (Å²) in [7, 11) is 0. The fourth-order valence-corrected chi connectivity index (χ4v) is 4.34. The Morgan fingerprint density at radius 2 is 2.12 bits per heavy atom. The van der Waals surface area contributed by atoms with E-state index in [1.54, 1.807) is 26.0 Å². The Morgan fingerprint density at radius 1 is 1.46 bits per heavy atom. The molecule has 132 valence electrons. The van der Waals surface area contributed by atoms with Crippen molar-refractivity contribution in [2.45, 2.75) is 50.6 Å². The van der Waals surface area contributed by atoms with Crippen LogP contribution in [-0.4, -0.2) is 45.7 Å². The van der Waals surface area contributed by atoms with Gasteiger partial charge in [-0.2, -0.15) is 0 Å². The van der Waals surface area contributed by atoms with Crippen LogP contribution < -0.4 is 0 Å². The highest BCUT2D eigenvalue weighted by Gasteiger charge is 2.63. The zero-order chi connectivity index (χ0) is 17.9. The summed E-state index contributed by atoms with van der Waals surface area (Å²) in [5, 5.41) is 20.5. The number of rotatable bonds is 2. The van der Waals surface area contributed by atoms with Crippen molar-refractivity contribution in [2.75, 3.05) is 0 Å². The van der Waals surface area contributed by atoms with Gasteiger partial charge in [0.2, 0.25) is 0 Å². The molecule has 24 heavy (non-hydrogen) atoms. The fraction of sp³-hybridized carbons (Fsp3) is 0.647. The van der Waals surface area contributed by atoms with Gasteiger partial charge in [-0.3, -0.25) is 10.1 Å². The lowest BCUT2D eigenvalue weighted by Gasteiger charge is -2.40. The third-order valence-corrected chi connectivity index (χ3v) is 5.69. The van der Waals surface area contributed by atoms with Gasteiger partial charge < -0.3 is 14.6 Å². The summed E-state index contributed by atoms with van der Waals surface area (Å²) in [6.45, 7) is 8.30. The summed E-state index contributed by atoms with van der Waals surface area (Å²) in [6.07, 6.45) is 2.10. The average molecular weight is 338 g/mol. The number of hydrogen-bond donors (Lipinski definition) is 2. The normalized spacial score (nSPS) is 47.0. The van der Waals surface area contributed by atoms with Gasteiger partial charge >= 0.3 is 11.9 Å². The van der Waals surface area contributed by atoms with Gasteiger partial charge in [-0.15, -0.1) is 0 Å². The van der Waals surface area contributed by atoms with Crippen molar-refractivity contribution in [2.24, 2.45) is 17.8 Å². The Hall–Kier alpha value is -1.70. The molecule has 2 N–H and O–H groups in total. The van der Waals surface area contributed by atoms with Crippen LogP contribution >= 0.6 is 0 Å². The maximum Gasteiger partial charge on any atom is 0.334 e. The third kappa shape index (κ3) is 2.30. The number of esters is 2. The number of carbonyl (C=O) groups excluding carboxylic acids is 2. The number of carbonyl (C=O) groups is 2. The molecule has 7 heteroatoms. The number of fused-ring (bicyclic) bond motifs is 3. The monoisotopic (exact) mass is 338 g/mol. The van der Waals surface area contributed by atoms with E-state index in [4.69, 9.17) is 9.47 Å². The molecule has 0 unspecified atom stereocenters. The molecule has 3 rings (SSSR count). The highest BCUT2D eigenvalue weighted by Crippen LogP contribution is 2.54. The first kappa shape index (κ1) is 17.1. The zero-order valence-electron chi connectivity index (χ0n) is 13.9. The minimum Gasteiger partial charge on any atom is -0.459 e. The second kappa shape index (κ2) is 5.40. The van der Waals surface area contributed by atoms with Gasteiger partial charge in [0.05, 0.1) is 0 Å². The van der Waals surface area contributed by atoms with Gasteiger partial charge in [-0.05, 0) is 20.3 Å². The van der Waals surface area contributed by atoms with E-state index >= 15 is 0 Å². The van der Waals surface area contributed by atoms with Gasteiger partial charge in [0.1, 0.15) is 23.4 Å². The van der Waals surface area contributed by atoms with E-state index in [9.17, 15) is 20.0 Å². The van der Waals surface area contributed by atoms with E-state index in [-0.39, 0.29) is 12.0 Å². The van der Waals surface area contributed by atoms with Crippen molar-refractivity contribution in [3.05, 3.63) is 24.3 Å². The van der Waals surface area contributed by atoms with Gasteiger partial charge in [0, 0.05) is 30.3 Å². The SMILES string of the molecule is C=C1C(=O)O[C@@H]2[C@@H]3[C@@H](C=C[C@@]3(C)OO)[C@](C)(O)[C@H](OC(C)=O)C[C@@H]12. The smallest absolute Gasteiger partial charge is 0.334 e. The molecule has 0 aromatic heterocycles. The van der Waals surface area contributed by atoms with Crippen LogP contribution in [0.15, 0.2) is 24.3 Å². The van der Waals surface area contributed by atoms with Crippen LogP contribution in [0.3, 0.4) is 0 Å². The molecular formula is C17H22O7. The van der Waals surface area contributed by atoms with Gasteiger partial charge in [-0.25, -0.2) is 9.68 Å². The summed E-state index contributed by atoms with van der Waals surface area (Å²) in [6, 6.07) is 0. The lowest BCUT2D eigenvalue weighted by atomic mass is 9.73. The third-order valence-electron chi connectivity index (χ3n) is 5.69. The first-order valence-corrected chi connectivity index (χ1v) is 7.93. The van der Waals surface area contributed by atoms with E-state index < -0.39 is 53.1 Å². The first-order valence-electron chi connectivity index (χ1n) is 7.93. The Balaban J connectivity index is 2.09. The quantitative estimate of drug-likeness (QED) is 0.257. The maximum atomic E-state index is 12.0. The molecule has 2 fully saturated rings. The number of ether oxygens (including phenoxy) is 2. The lowest BCUT2D eigenvalue weighted by molar-refractivity contribution is -0.324. The molecule has 1 heterocycles. The van der Waals surface area contributed by atoms with Gasteiger partial charge in [0.15, 0.2) is 0 Å². The minimum absolute atomic E-state index is 0.212. The lowest BCUT2D eigenvalue weighted by Crippen LogP contribution is -2.52. The van der Waals surface area contributed by atoms with E-state index in [0.29, 0.717) is 0 Å². The Kier molecular flexibility index (Phi) is 3.86. The number of hydrogen-bond acceptors (Lipinski definition) is 7. The summed E-state index contributed by atoms with van der Waals surface area (Å²) in [5.74, 6) is -2.54. The average Bonchev–Trinajstić information content (AvgIpc) is 2.95. The van der Waals surface area contributed by atoms with Crippen molar-refractivity contribution in [1.82, 2.24) is 0 Å². The molecule has 0 bridgehead atoms. The molecule has 1 saturated heterocycles. The van der Waals surface area contributed by atoms with E-state index in [0.717, 1.165) is 0 Å². The van der Waals surface area contributed by atoms with Crippen molar-refractivity contribution in [1.29, 1.82) is 0 Å². The Morgan fingerprint density at radius 3 is 2.71 bits per heavy atom. The molecule has 3 aliphatic rings. The van der Waals surface area contributed by atoms with Crippen LogP contribution in [0.25, 0.3) is 0 Å². The summed E-state index contributed by atoms with van der Waals surface area (Å²) in [4.78, 5) is 28.2. The zero-order valence-corrected chi connectivity index (χ0v) is 13.9. The molecule has 1 aliphatic heterocycles. The molecule has 0 amide bonds. The van der Waals surface area contributed by atoms with Crippen LogP contribution in [0.2, 0.25) is 0 Å². The summed E-state index contributed by atoms with van der Waals surface area (Å²) >= 11 is 0. The van der Waals surface area contributed by atoms with E-state index in [1.807, 2.05) is 0 Å². The minimum atomic E-state index is -1.42. The predicted octanol–water partition coefficient (Wildman–Crippen LogP) is 1.22. The summed E-state index contributed by atoms with van der Waals surface area (Å²) < 4.78 is 10.8. The van der Waals surface area contributed by atoms with Crippen LogP contribution in [0, 0.1) is 17.8 Å². The van der Waals surface area contributed by atoms with Crippen LogP contribution in [0.5, 0.6) is 0 Å². The standard InChI is InChI=1S/C17H22O7/c1-8-10-7-12(22-9(2)18)17(4,20)11-5-6-16(3,24-21)13(11)14(10)23-15(8)19/h5-6,10-14,20-21H,1,7H2,2-4H3/t10-,11+,12+,13-,14-,16+,17-/m0/s1. The van der Waals surface area contributed by atoms with Crippen LogP contribution in [0.4, 0.5) is 0 Å². The van der Waals surface area contributed by atoms with Crippen LogP contribution in [-0.2, 0) is 24.0 Å². The van der Waals surface area contributed by atoms with Crippen molar-refractivity contribution in [3.63, 3.8) is 0 Å². The predicted molar refractivity (Wildman–Crippen MR) is 81.5 cm³/mol. The van der Waals surface area contributed by atoms with Gasteiger partial charge in [-0.1, -0.05) is 18.7 Å².